The van der Waals surface area contributed by atoms with Crippen molar-refractivity contribution in [1.29, 1.82) is 0 Å². The smallest absolute Gasteiger partial charge is 0.355 e. The summed E-state index contributed by atoms with van der Waals surface area (Å²) in [6.45, 7) is 1.12. The normalized spacial score (nSPS) is 16.0. The van der Waals surface area contributed by atoms with Crippen molar-refractivity contribution in [3.8, 4) is 0 Å². The molecule has 1 fully saturated rings. The fraction of sp³-hybridized carbons (Fsp3) is 0.238. The van der Waals surface area contributed by atoms with Crippen LogP contribution in [-0.2, 0) is 19.5 Å². The van der Waals surface area contributed by atoms with Crippen molar-refractivity contribution in [3.05, 3.63) is 83.7 Å². The molecule has 1 N–H and O–H groups in total. The molecule has 1 atom stereocenters. The first-order chi connectivity index (χ1) is 14.9. The monoisotopic (exact) mass is 445 g/mol. The number of aromatic nitrogens is 2. The average molecular weight is 445 g/mol. The predicted molar refractivity (Wildman–Crippen MR) is 108 cm³/mol. The van der Waals surface area contributed by atoms with E-state index in [0.717, 1.165) is 0 Å². The van der Waals surface area contributed by atoms with Crippen LogP contribution in [0.2, 0.25) is 0 Å². The number of esters is 1. The minimum absolute atomic E-state index is 0.0378. The zero-order valence-electron chi connectivity index (χ0n) is 16.4. The molecule has 0 bridgehead atoms. The highest BCUT2D eigenvalue weighted by atomic mass is 32.2. The predicted octanol–water partition coefficient (Wildman–Crippen LogP) is 2.52. The fourth-order valence-electron chi connectivity index (χ4n) is 3.25. The number of sulfonamides is 1. The van der Waals surface area contributed by atoms with Gasteiger partial charge in [-0.05, 0) is 30.3 Å². The Morgan fingerprint density at radius 1 is 1.16 bits per heavy atom. The number of morpholine rings is 1. The summed E-state index contributed by atoms with van der Waals surface area (Å²) in [5.74, 6) is -1.27. The molecular weight excluding hydrogens is 425 g/mol. The molecule has 1 unspecified atom stereocenters. The van der Waals surface area contributed by atoms with Gasteiger partial charge in [-0.15, -0.1) is 0 Å². The molecule has 0 aliphatic carbocycles. The SMILES string of the molecule is O=C(OC(c1cccc(F)c1)c1ccccn1)c1cc(S(=O)(=O)N2CCOCC2)c[nH]1. The van der Waals surface area contributed by atoms with Crippen molar-refractivity contribution in [3.63, 3.8) is 0 Å². The lowest BCUT2D eigenvalue weighted by molar-refractivity contribution is 0.0363. The van der Waals surface area contributed by atoms with Gasteiger partial charge in [0.1, 0.15) is 16.4 Å². The Kier molecular flexibility index (Phi) is 6.12. The van der Waals surface area contributed by atoms with Gasteiger partial charge in [-0.1, -0.05) is 18.2 Å². The van der Waals surface area contributed by atoms with E-state index < -0.39 is 27.9 Å². The number of rotatable bonds is 6. The molecule has 10 heteroatoms. The molecule has 3 heterocycles. The Bertz CT molecular complexity index is 1160. The second-order valence-electron chi connectivity index (χ2n) is 6.86. The molecule has 0 saturated carbocycles. The second kappa shape index (κ2) is 8.96. The van der Waals surface area contributed by atoms with Crippen LogP contribution >= 0.6 is 0 Å². The van der Waals surface area contributed by atoms with E-state index in [9.17, 15) is 17.6 Å². The number of nitrogens with zero attached hydrogens (tertiary/aromatic N) is 2. The van der Waals surface area contributed by atoms with Gasteiger partial charge in [0.05, 0.1) is 18.9 Å². The summed E-state index contributed by atoms with van der Waals surface area (Å²) in [5, 5.41) is 0. The van der Waals surface area contributed by atoms with Gasteiger partial charge in [0.2, 0.25) is 10.0 Å². The Morgan fingerprint density at radius 2 is 1.97 bits per heavy atom. The van der Waals surface area contributed by atoms with E-state index in [2.05, 4.69) is 9.97 Å². The maximum absolute atomic E-state index is 13.8. The van der Waals surface area contributed by atoms with E-state index in [1.807, 2.05) is 0 Å². The third-order valence-electron chi connectivity index (χ3n) is 4.82. The van der Waals surface area contributed by atoms with Crippen LogP contribution < -0.4 is 0 Å². The van der Waals surface area contributed by atoms with E-state index in [-0.39, 0.29) is 23.7 Å². The molecule has 31 heavy (non-hydrogen) atoms. The maximum Gasteiger partial charge on any atom is 0.355 e. The zero-order chi connectivity index (χ0) is 21.8. The molecule has 0 radical (unpaired) electrons. The maximum atomic E-state index is 13.8. The summed E-state index contributed by atoms with van der Waals surface area (Å²) in [6.07, 6.45) is 1.82. The lowest BCUT2D eigenvalue weighted by Gasteiger charge is -2.25. The Morgan fingerprint density at radius 3 is 2.68 bits per heavy atom. The first-order valence-corrected chi connectivity index (χ1v) is 11.0. The highest BCUT2D eigenvalue weighted by Crippen LogP contribution is 2.27. The molecule has 0 amide bonds. The number of pyridine rings is 1. The van der Waals surface area contributed by atoms with Crippen molar-refractivity contribution in [2.45, 2.75) is 11.0 Å². The number of H-pyrrole nitrogens is 1. The standard InChI is InChI=1S/C21H20FN3O5S/c22-16-5-3-4-15(12-16)20(18-6-1-2-7-23-18)30-21(26)19-13-17(14-24-19)31(27,28)25-8-10-29-11-9-25/h1-7,12-14,20,24H,8-11H2. The van der Waals surface area contributed by atoms with Crippen molar-refractivity contribution in [2.75, 3.05) is 26.3 Å². The number of halogens is 1. The summed E-state index contributed by atoms with van der Waals surface area (Å²) >= 11 is 0. The molecule has 2 aromatic heterocycles. The third-order valence-corrected chi connectivity index (χ3v) is 6.69. The van der Waals surface area contributed by atoms with Crippen molar-refractivity contribution in [2.24, 2.45) is 0 Å². The number of ether oxygens (including phenoxy) is 2. The lowest BCUT2D eigenvalue weighted by Crippen LogP contribution is -2.40. The Labute approximate surface area is 178 Å². The van der Waals surface area contributed by atoms with Gasteiger partial charge in [0, 0.05) is 31.0 Å². The largest absolute Gasteiger partial charge is 0.446 e. The third kappa shape index (κ3) is 4.66. The van der Waals surface area contributed by atoms with Crippen molar-refractivity contribution < 1.29 is 27.1 Å². The first kappa shape index (κ1) is 21.2. The molecule has 162 valence electrons. The minimum atomic E-state index is -3.76. The Hall–Kier alpha value is -3.08. The van der Waals surface area contributed by atoms with Crippen LogP contribution in [0.1, 0.15) is 27.8 Å². The van der Waals surface area contributed by atoms with Gasteiger partial charge < -0.3 is 14.5 Å². The number of carbonyl (C=O) groups excluding carboxylic acids is 1. The number of hydrogen-bond acceptors (Lipinski definition) is 6. The lowest BCUT2D eigenvalue weighted by atomic mass is 10.1. The quantitative estimate of drug-likeness (QED) is 0.585. The molecule has 1 saturated heterocycles. The van der Waals surface area contributed by atoms with E-state index in [4.69, 9.17) is 9.47 Å². The van der Waals surface area contributed by atoms with Gasteiger partial charge in [0.15, 0.2) is 6.10 Å². The fourth-order valence-corrected chi connectivity index (χ4v) is 4.65. The van der Waals surface area contributed by atoms with Crippen molar-refractivity contribution >= 4 is 16.0 Å². The minimum Gasteiger partial charge on any atom is -0.446 e. The van der Waals surface area contributed by atoms with Crippen LogP contribution in [0, 0.1) is 5.82 Å². The highest BCUT2D eigenvalue weighted by molar-refractivity contribution is 7.89. The number of hydrogen-bond donors (Lipinski definition) is 1. The molecule has 4 rings (SSSR count). The van der Waals surface area contributed by atoms with Crippen LogP contribution in [-0.4, -0.2) is 55.0 Å². The van der Waals surface area contributed by atoms with E-state index in [0.29, 0.717) is 24.5 Å². The van der Waals surface area contributed by atoms with Crippen LogP contribution in [0.15, 0.2) is 65.8 Å². The van der Waals surface area contributed by atoms with Gasteiger partial charge >= 0.3 is 5.97 Å². The van der Waals surface area contributed by atoms with Crippen molar-refractivity contribution in [1.82, 2.24) is 14.3 Å². The molecular formula is C21H20FN3O5S. The molecule has 1 aliphatic heterocycles. The van der Waals surface area contributed by atoms with Crippen LogP contribution in [0.5, 0.6) is 0 Å². The number of benzene rings is 1. The average Bonchev–Trinajstić information content (AvgIpc) is 3.30. The Balaban J connectivity index is 1.58. The van der Waals surface area contributed by atoms with Crippen LogP contribution in [0.4, 0.5) is 4.39 Å². The van der Waals surface area contributed by atoms with Gasteiger partial charge in [-0.2, -0.15) is 4.31 Å². The van der Waals surface area contributed by atoms with E-state index in [1.165, 1.54) is 41.0 Å². The summed E-state index contributed by atoms with van der Waals surface area (Å²) in [4.78, 5) is 19.6. The summed E-state index contributed by atoms with van der Waals surface area (Å²) < 4.78 is 51.4. The number of aromatic amines is 1. The molecule has 1 aliphatic rings. The summed E-state index contributed by atoms with van der Waals surface area (Å²) in [5.41, 5.74) is 0.776. The highest BCUT2D eigenvalue weighted by Gasteiger charge is 2.29. The van der Waals surface area contributed by atoms with Crippen LogP contribution in [0.3, 0.4) is 0 Å². The van der Waals surface area contributed by atoms with E-state index >= 15 is 0 Å². The summed E-state index contributed by atoms with van der Waals surface area (Å²) in [7, 11) is -3.76. The number of nitrogens with one attached hydrogen (secondary N) is 1. The summed E-state index contributed by atoms with van der Waals surface area (Å²) in [6, 6.07) is 12.0. The topological polar surface area (TPSA) is 102 Å². The molecule has 8 nitrogen and oxygen atoms in total. The molecule has 3 aromatic rings. The zero-order valence-corrected chi connectivity index (χ0v) is 17.2. The van der Waals surface area contributed by atoms with E-state index in [1.54, 1.807) is 24.3 Å². The first-order valence-electron chi connectivity index (χ1n) is 9.59. The number of carbonyl (C=O) groups is 1. The van der Waals surface area contributed by atoms with Gasteiger partial charge in [0.25, 0.3) is 0 Å². The second-order valence-corrected chi connectivity index (χ2v) is 8.80. The van der Waals surface area contributed by atoms with Gasteiger partial charge in [-0.3, -0.25) is 4.98 Å². The molecule has 0 spiro atoms. The van der Waals surface area contributed by atoms with Gasteiger partial charge in [-0.25, -0.2) is 17.6 Å². The molecule has 1 aromatic carbocycles. The van der Waals surface area contributed by atoms with Crippen LogP contribution in [0.25, 0.3) is 0 Å².